The molecular formula is C21H16F3N3O. The Hall–Kier alpha value is -3.35. The van der Waals surface area contributed by atoms with Gasteiger partial charge in [0.25, 0.3) is 6.43 Å². The molecule has 2 aromatic carbocycles. The number of pyridine rings is 1. The van der Waals surface area contributed by atoms with Crippen LogP contribution in [0.25, 0.3) is 28.0 Å². The number of aromatic nitrogens is 3. The van der Waals surface area contributed by atoms with Gasteiger partial charge in [0.2, 0.25) is 0 Å². The minimum Gasteiger partial charge on any atom is -0.497 e. The van der Waals surface area contributed by atoms with E-state index in [1.165, 1.54) is 35.0 Å². The van der Waals surface area contributed by atoms with Crippen LogP contribution < -0.4 is 4.74 Å². The summed E-state index contributed by atoms with van der Waals surface area (Å²) in [6, 6.07) is 14.0. The van der Waals surface area contributed by atoms with E-state index in [1.807, 2.05) is 0 Å². The van der Waals surface area contributed by atoms with Gasteiger partial charge in [-0.1, -0.05) is 0 Å². The van der Waals surface area contributed by atoms with Gasteiger partial charge in [-0.05, 0) is 61.5 Å². The van der Waals surface area contributed by atoms with Gasteiger partial charge in [-0.3, -0.25) is 0 Å². The second-order valence-electron chi connectivity index (χ2n) is 6.30. The molecule has 4 rings (SSSR count). The van der Waals surface area contributed by atoms with Gasteiger partial charge in [0.15, 0.2) is 5.65 Å². The molecule has 0 N–H and O–H groups in total. The van der Waals surface area contributed by atoms with Crippen molar-refractivity contribution in [3.63, 3.8) is 0 Å². The molecule has 0 aliphatic rings. The molecule has 0 saturated carbocycles. The highest BCUT2D eigenvalue weighted by atomic mass is 19.3. The lowest BCUT2D eigenvalue weighted by molar-refractivity contribution is 0.153. The SMILES string of the molecule is COc1ccc(-n2nc(C)c3c(C(F)F)cc(-c4ccc(F)cc4)nc32)cc1. The minimum atomic E-state index is -2.70. The summed E-state index contributed by atoms with van der Waals surface area (Å²) in [5.74, 6) is 0.267. The number of hydrogen-bond donors (Lipinski definition) is 0. The van der Waals surface area contributed by atoms with E-state index in [0.717, 1.165) is 0 Å². The van der Waals surface area contributed by atoms with Crippen molar-refractivity contribution >= 4 is 11.0 Å². The third kappa shape index (κ3) is 3.09. The molecule has 28 heavy (non-hydrogen) atoms. The first-order valence-electron chi connectivity index (χ1n) is 8.56. The normalized spacial score (nSPS) is 11.4. The number of nitrogens with zero attached hydrogens (tertiary/aromatic N) is 3. The molecule has 0 fully saturated rings. The Bertz CT molecular complexity index is 1140. The standard InChI is InChI=1S/C21H16F3N3O/c1-12-19-17(20(23)24)11-18(13-3-5-14(22)6-4-13)25-21(19)27(26-12)15-7-9-16(28-2)10-8-15/h3-11,20H,1-2H3. The van der Waals surface area contributed by atoms with Crippen LogP contribution in [0.5, 0.6) is 5.75 Å². The molecule has 2 aromatic heterocycles. The zero-order valence-corrected chi connectivity index (χ0v) is 15.2. The van der Waals surface area contributed by atoms with Crippen LogP contribution in [0.4, 0.5) is 13.2 Å². The van der Waals surface area contributed by atoms with Crippen LogP contribution in [-0.4, -0.2) is 21.9 Å². The fraction of sp³-hybridized carbons (Fsp3) is 0.143. The lowest BCUT2D eigenvalue weighted by atomic mass is 10.1. The molecule has 0 aliphatic carbocycles. The van der Waals surface area contributed by atoms with Gasteiger partial charge < -0.3 is 4.74 Å². The fourth-order valence-corrected chi connectivity index (χ4v) is 3.17. The van der Waals surface area contributed by atoms with E-state index in [9.17, 15) is 13.2 Å². The van der Waals surface area contributed by atoms with Crippen LogP contribution in [0, 0.1) is 12.7 Å². The van der Waals surface area contributed by atoms with E-state index in [2.05, 4.69) is 10.1 Å². The number of halogens is 3. The molecule has 0 atom stereocenters. The maximum atomic E-state index is 13.8. The maximum Gasteiger partial charge on any atom is 0.264 e. The lowest BCUT2D eigenvalue weighted by Crippen LogP contribution is -2.00. The van der Waals surface area contributed by atoms with Crippen LogP contribution in [0.2, 0.25) is 0 Å². The summed E-state index contributed by atoms with van der Waals surface area (Å²) in [7, 11) is 1.56. The maximum absolute atomic E-state index is 13.8. The zero-order chi connectivity index (χ0) is 19.8. The largest absolute Gasteiger partial charge is 0.497 e. The van der Waals surface area contributed by atoms with Crippen LogP contribution in [0.1, 0.15) is 17.7 Å². The summed E-state index contributed by atoms with van der Waals surface area (Å²) in [4.78, 5) is 4.57. The van der Waals surface area contributed by atoms with Crippen LogP contribution in [0.15, 0.2) is 54.6 Å². The van der Waals surface area contributed by atoms with Crippen molar-refractivity contribution in [3.8, 4) is 22.7 Å². The lowest BCUT2D eigenvalue weighted by Gasteiger charge is -2.09. The average molecular weight is 383 g/mol. The van der Waals surface area contributed by atoms with Crippen molar-refractivity contribution in [1.82, 2.24) is 14.8 Å². The molecule has 142 valence electrons. The number of aryl methyl sites for hydroxylation is 1. The van der Waals surface area contributed by atoms with Crippen molar-refractivity contribution in [1.29, 1.82) is 0 Å². The Morgan fingerprint density at radius 2 is 1.68 bits per heavy atom. The third-order valence-electron chi connectivity index (χ3n) is 4.54. The van der Waals surface area contributed by atoms with Crippen molar-refractivity contribution in [3.05, 3.63) is 71.7 Å². The Labute approximate surface area is 159 Å². The highest BCUT2D eigenvalue weighted by molar-refractivity contribution is 5.86. The highest BCUT2D eigenvalue weighted by Crippen LogP contribution is 2.34. The average Bonchev–Trinajstić information content (AvgIpc) is 3.04. The molecule has 0 amide bonds. The molecular weight excluding hydrogens is 367 g/mol. The first-order valence-corrected chi connectivity index (χ1v) is 8.56. The number of methoxy groups -OCH3 is 1. The van der Waals surface area contributed by atoms with Gasteiger partial charge >= 0.3 is 0 Å². The summed E-state index contributed by atoms with van der Waals surface area (Å²) in [6.07, 6.45) is -2.70. The Morgan fingerprint density at radius 3 is 2.29 bits per heavy atom. The second kappa shape index (κ2) is 6.99. The highest BCUT2D eigenvalue weighted by Gasteiger charge is 2.21. The van der Waals surface area contributed by atoms with Gasteiger partial charge in [0, 0.05) is 11.1 Å². The van der Waals surface area contributed by atoms with Gasteiger partial charge in [0.05, 0.1) is 29.6 Å². The van der Waals surface area contributed by atoms with Crippen LogP contribution in [0.3, 0.4) is 0 Å². The fourth-order valence-electron chi connectivity index (χ4n) is 3.17. The summed E-state index contributed by atoms with van der Waals surface area (Å²) >= 11 is 0. The van der Waals surface area contributed by atoms with E-state index >= 15 is 0 Å². The molecule has 0 radical (unpaired) electrons. The molecule has 2 heterocycles. The molecule has 0 bridgehead atoms. The predicted molar refractivity (Wildman–Crippen MR) is 101 cm³/mol. The van der Waals surface area contributed by atoms with E-state index in [-0.39, 0.29) is 5.56 Å². The molecule has 0 aliphatic heterocycles. The van der Waals surface area contributed by atoms with Crippen molar-refractivity contribution in [2.45, 2.75) is 13.3 Å². The molecule has 0 unspecified atom stereocenters. The minimum absolute atomic E-state index is 0.151. The number of rotatable bonds is 4. The number of benzene rings is 2. The molecule has 4 nitrogen and oxygen atoms in total. The topological polar surface area (TPSA) is 39.9 Å². The monoisotopic (exact) mass is 383 g/mol. The van der Waals surface area contributed by atoms with Crippen LogP contribution in [-0.2, 0) is 0 Å². The molecule has 0 saturated heterocycles. The zero-order valence-electron chi connectivity index (χ0n) is 15.2. The molecule has 0 spiro atoms. The van der Waals surface area contributed by atoms with Gasteiger partial charge in [0.1, 0.15) is 11.6 Å². The Balaban J connectivity index is 1.97. The van der Waals surface area contributed by atoms with E-state index in [4.69, 9.17) is 4.74 Å². The first-order chi connectivity index (χ1) is 13.5. The molecule has 7 heteroatoms. The smallest absolute Gasteiger partial charge is 0.264 e. The van der Waals surface area contributed by atoms with E-state index < -0.39 is 12.2 Å². The summed E-state index contributed by atoms with van der Waals surface area (Å²) in [5.41, 5.74) is 2.17. The third-order valence-corrected chi connectivity index (χ3v) is 4.54. The summed E-state index contributed by atoms with van der Waals surface area (Å²) < 4.78 is 47.6. The Kier molecular flexibility index (Phi) is 4.50. The van der Waals surface area contributed by atoms with E-state index in [0.29, 0.717) is 39.4 Å². The molecule has 4 aromatic rings. The van der Waals surface area contributed by atoms with Crippen molar-refractivity contribution < 1.29 is 17.9 Å². The van der Waals surface area contributed by atoms with Crippen molar-refractivity contribution in [2.24, 2.45) is 0 Å². The van der Waals surface area contributed by atoms with Crippen molar-refractivity contribution in [2.75, 3.05) is 7.11 Å². The number of fused-ring (bicyclic) bond motifs is 1. The van der Waals surface area contributed by atoms with Gasteiger partial charge in [-0.2, -0.15) is 5.10 Å². The Morgan fingerprint density at radius 1 is 1.00 bits per heavy atom. The van der Waals surface area contributed by atoms with E-state index in [1.54, 1.807) is 38.3 Å². The van der Waals surface area contributed by atoms with Gasteiger partial charge in [-0.15, -0.1) is 0 Å². The second-order valence-corrected chi connectivity index (χ2v) is 6.30. The number of hydrogen-bond acceptors (Lipinski definition) is 3. The number of alkyl halides is 2. The summed E-state index contributed by atoms with van der Waals surface area (Å²) in [6.45, 7) is 1.67. The quantitative estimate of drug-likeness (QED) is 0.468. The first kappa shape index (κ1) is 18.0. The van der Waals surface area contributed by atoms with Crippen LogP contribution >= 0.6 is 0 Å². The number of ether oxygens (including phenoxy) is 1. The van der Waals surface area contributed by atoms with Gasteiger partial charge in [-0.25, -0.2) is 22.8 Å². The predicted octanol–water partition coefficient (Wildman–Crippen LogP) is 5.48. The summed E-state index contributed by atoms with van der Waals surface area (Å²) in [5, 5.41) is 4.74.